The zero-order chi connectivity index (χ0) is 11.8. The van der Waals surface area contributed by atoms with Crippen molar-refractivity contribution < 1.29 is 9.90 Å². The van der Waals surface area contributed by atoms with Gasteiger partial charge in [0.2, 0.25) is 0 Å². The lowest BCUT2D eigenvalue weighted by Gasteiger charge is -2.06. The minimum absolute atomic E-state index is 0.257. The van der Waals surface area contributed by atoms with E-state index in [1.807, 2.05) is 6.07 Å². The number of hydrogen-bond donors (Lipinski definition) is 2. The molecule has 0 aromatic carbocycles. The number of imidazole rings is 1. The summed E-state index contributed by atoms with van der Waals surface area (Å²) < 4.78 is 1.69. The van der Waals surface area contributed by atoms with Crippen LogP contribution in [-0.2, 0) is 6.54 Å². The number of aromatic nitrogens is 2. The first-order valence-electron chi connectivity index (χ1n) is 5.68. The van der Waals surface area contributed by atoms with E-state index in [9.17, 15) is 4.79 Å². The maximum atomic E-state index is 11.1. The van der Waals surface area contributed by atoms with Crippen LogP contribution < -0.4 is 5.32 Å². The monoisotopic (exact) mass is 231 g/mol. The Labute approximate surface area is 98.1 Å². The summed E-state index contributed by atoms with van der Waals surface area (Å²) >= 11 is 0. The van der Waals surface area contributed by atoms with Gasteiger partial charge in [-0.15, -0.1) is 0 Å². The van der Waals surface area contributed by atoms with Crippen molar-refractivity contribution in [3.05, 3.63) is 35.8 Å². The Morgan fingerprint density at radius 2 is 2.35 bits per heavy atom. The Morgan fingerprint density at radius 3 is 3.06 bits per heavy atom. The molecule has 1 saturated carbocycles. The van der Waals surface area contributed by atoms with Gasteiger partial charge in [-0.3, -0.25) is 4.40 Å². The van der Waals surface area contributed by atoms with Gasteiger partial charge in [0.1, 0.15) is 11.3 Å². The molecule has 0 amide bonds. The van der Waals surface area contributed by atoms with Crippen LogP contribution in [0, 0.1) is 0 Å². The molecule has 0 spiro atoms. The predicted octanol–water partition coefficient (Wildman–Crippen LogP) is 1.28. The lowest BCUT2D eigenvalue weighted by molar-refractivity contribution is 0.0688. The Balaban J connectivity index is 2.01. The minimum Gasteiger partial charge on any atom is -0.477 e. The quantitative estimate of drug-likeness (QED) is 0.832. The number of carbonyl (C=O) groups is 1. The summed E-state index contributed by atoms with van der Waals surface area (Å²) in [6, 6.07) is 5.71. The molecular formula is C12H13N3O2. The van der Waals surface area contributed by atoms with E-state index in [1.54, 1.807) is 22.7 Å². The van der Waals surface area contributed by atoms with E-state index in [4.69, 9.17) is 5.11 Å². The molecule has 5 nitrogen and oxygen atoms in total. The van der Waals surface area contributed by atoms with Crippen LogP contribution in [0.25, 0.3) is 5.65 Å². The fourth-order valence-corrected chi connectivity index (χ4v) is 1.93. The van der Waals surface area contributed by atoms with Crippen molar-refractivity contribution in [2.24, 2.45) is 0 Å². The number of carboxylic acid groups (broad SMARTS) is 1. The molecule has 0 radical (unpaired) electrons. The van der Waals surface area contributed by atoms with Crippen molar-refractivity contribution in [1.82, 2.24) is 14.7 Å². The van der Waals surface area contributed by atoms with Crippen LogP contribution in [0.5, 0.6) is 0 Å². The molecular weight excluding hydrogens is 218 g/mol. The van der Waals surface area contributed by atoms with Crippen LogP contribution in [0.1, 0.15) is 29.0 Å². The smallest absolute Gasteiger partial charge is 0.352 e. The summed E-state index contributed by atoms with van der Waals surface area (Å²) in [5.74, 6) is -0.929. The highest BCUT2D eigenvalue weighted by Crippen LogP contribution is 2.19. The van der Waals surface area contributed by atoms with E-state index in [-0.39, 0.29) is 5.69 Å². The topological polar surface area (TPSA) is 66.6 Å². The van der Waals surface area contributed by atoms with Gasteiger partial charge in [-0.2, -0.15) is 0 Å². The Bertz CT molecular complexity index is 572. The number of rotatable bonds is 4. The Hall–Kier alpha value is -1.88. The van der Waals surface area contributed by atoms with Crippen LogP contribution in [0.3, 0.4) is 0 Å². The van der Waals surface area contributed by atoms with Gasteiger partial charge in [-0.05, 0) is 25.0 Å². The molecule has 3 rings (SSSR count). The van der Waals surface area contributed by atoms with E-state index in [1.165, 1.54) is 12.8 Å². The summed E-state index contributed by atoms with van der Waals surface area (Å²) in [5.41, 5.74) is 1.83. The zero-order valence-electron chi connectivity index (χ0n) is 9.26. The van der Waals surface area contributed by atoms with Gasteiger partial charge < -0.3 is 10.4 Å². The van der Waals surface area contributed by atoms with Crippen LogP contribution in [0.4, 0.5) is 0 Å². The van der Waals surface area contributed by atoms with Crippen molar-refractivity contribution in [2.45, 2.75) is 25.4 Å². The fraction of sp³-hybridized carbons (Fsp3) is 0.333. The van der Waals surface area contributed by atoms with Gasteiger partial charge in [-0.1, -0.05) is 6.07 Å². The molecule has 17 heavy (non-hydrogen) atoms. The Morgan fingerprint density at radius 1 is 1.53 bits per heavy atom. The first kappa shape index (κ1) is 10.3. The van der Waals surface area contributed by atoms with Crippen LogP contribution >= 0.6 is 0 Å². The lowest BCUT2D eigenvalue weighted by Crippen LogP contribution is -2.18. The van der Waals surface area contributed by atoms with Crippen LogP contribution in [0.15, 0.2) is 24.4 Å². The molecule has 2 N–H and O–H groups in total. The normalized spacial score (nSPS) is 15.3. The fourth-order valence-electron chi connectivity index (χ4n) is 1.93. The summed E-state index contributed by atoms with van der Waals surface area (Å²) in [5, 5.41) is 12.5. The van der Waals surface area contributed by atoms with Gasteiger partial charge in [0.25, 0.3) is 0 Å². The molecule has 0 unspecified atom stereocenters. The molecule has 0 aliphatic heterocycles. The van der Waals surface area contributed by atoms with Gasteiger partial charge in [0.05, 0.1) is 11.9 Å². The molecule has 1 aliphatic rings. The summed E-state index contributed by atoms with van der Waals surface area (Å²) in [6.45, 7) is 0.663. The number of fused-ring (bicyclic) bond motifs is 1. The maximum Gasteiger partial charge on any atom is 0.352 e. The summed E-state index contributed by atoms with van der Waals surface area (Å²) in [6.07, 6.45) is 4.15. The number of nitrogens with zero attached hydrogens (tertiary/aromatic N) is 2. The van der Waals surface area contributed by atoms with E-state index in [0.29, 0.717) is 18.2 Å². The third kappa shape index (κ3) is 1.89. The lowest BCUT2D eigenvalue weighted by atomic mass is 10.3. The second kappa shape index (κ2) is 3.85. The molecule has 0 atom stereocenters. The number of pyridine rings is 1. The number of hydrogen-bond acceptors (Lipinski definition) is 3. The second-order valence-electron chi connectivity index (χ2n) is 4.31. The van der Waals surface area contributed by atoms with Crippen LogP contribution in [0.2, 0.25) is 0 Å². The summed E-state index contributed by atoms with van der Waals surface area (Å²) in [4.78, 5) is 15.4. The molecule has 0 saturated heterocycles. The van der Waals surface area contributed by atoms with Crippen molar-refractivity contribution in [3.63, 3.8) is 0 Å². The van der Waals surface area contributed by atoms with Gasteiger partial charge in [0.15, 0.2) is 0 Å². The van der Waals surface area contributed by atoms with Gasteiger partial charge in [0, 0.05) is 12.6 Å². The number of aromatic carboxylic acids is 1. The largest absolute Gasteiger partial charge is 0.477 e. The average molecular weight is 231 g/mol. The molecule has 0 bridgehead atoms. The highest BCUT2D eigenvalue weighted by atomic mass is 16.4. The van der Waals surface area contributed by atoms with E-state index in [0.717, 1.165) is 5.69 Å². The first-order chi connectivity index (χ1) is 8.25. The third-order valence-electron chi connectivity index (χ3n) is 2.97. The summed E-state index contributed by atoms with van der Waals surface area (Å²) in [7, 11) is 0. The van der Waals surface area contributed by atoms with E-state index in [2.05, 4.69) is 10.3 Å². The Kier molecular flexibility index (Phi) is 2.33. The SMILES string of the molecule is O=C(O)c1cccc2ncc(CNC3CC3)n12. The van der Waals surface area contributed by atoms with Gasteiger partial charge >= 0.3 is 5.97 Å². The van der Waals surface area contributed by atoms with Crippen molar-refractivity contribution >= 4 is 11.6 Å². The number of nitrogens with one attached hydrogen (secondary N) is 1. The van der Waals surface area contributed by atoms with Crippen LogP contribution in [-0.4, -0.2) is 26.5 Å². The third-order valence-corrected chi connectivity index (χ3v) is 2.97. The minimum atomic E-state index is -0.929. The second-order valence-corrected chi connectivity index (χ2v) is 4.31. The highest BCUT2D eigenvalue weighted by Gasteiger charge is 2.21. The molecule has 2 aromatic heterocycles. The predicted molar refractivity (Wildman–Crippen MR) is 62.0 cm³/mol. The number of carboxylic acids is 1. The maximum absolute atomic E-state index is 11.1. The zero-order valence-corrected chi connectivity index (χ0v) is 9.26. The highest BCUT2D eigenvalue weighted by molar-refractivity contribution is 5.86. The average Bonchev–Trinajstić information content (AvgIpc) is 3.06. The molecule has 88 valence electrons. The molecule has 5 heteroatoms. The van der Waals surface area contributed by atoms with Gasteiger partial charge in [-0.25, -0.2) is 9.78 Å². The standard InChI is InChI=1S/C12H13N3O2/c16-12(17)10-2-1-3-11-14-7-9(15(10)11)6-13-8-4-5-8/h1-3,7-8,13H,4-6H2,(H,16,17). The molecule has 2 heterocycles. The van der Waals surface area contributed by atoms with Crippen molar-refractivity contribution in [1.29, 1.82) is 0 Å². The molecule has 1 aliphatic carbocycles. The molecule has 2 aromatic rings. The van der Waals surface area contributed by atoms with Crippen molar-refractivity contribution in [3.8, 4) is 0 Å². The van der Waals surface area contributed by atoms with E-state index >= 15 is 0 Å². The van der Waals surface area contributed by atoms with Crippen molar-refractivity contribution in [2.75, 3.05) is 0 Å². The first-order valence-corrected chi connectivity index (χ1v) is 5.68. The molecule has 1 fully saturated rings. The van der Waals surface area contributed by atoms with E-state index < -0.39 is 5.97 Å².